The summed E-state index contributed by atoms with van der Waals surface area (Å²) in [5.41, 5.74) is -0.170. The van der Waals surface area contributed by atoms with Crippen LogP contribution in [0.4, 0.5) is 4.39 Å². The Morgan fingerprint density at radius 3 is 2.65 bits per heavy atom. The van der Waals surface area contributed by atoms with Gasteiger partial charge in [-0.2, -0.15) is 0 Å². The topological polar surface area (TPSA) is 60.4 Å². The minimum atomic E-state index is -3.10. The number of benzene rings is 1. The fourth-order valence-corrected chi connectivity index (χ4v) is 3.29. The van der Waals surface area contributed by atoms with Crippen LogP contribution in [-0.4, -0.2) is 32.0 Å². The molecule has 17 heavy (non-hydrogen) atoms. The van der Waals surface area contributed by atoms with Crippen LogP contribution < -0.4 is 0 Å². The molecule has 1 aromatic carbocycles. The molecule has 0 aliphatic carbocycles. The van der Waals surface area contributed by atoms with Crippen molar-refractivity contribution in [3.63, 3.8) is 0 Å². The van der Waals surface area contributed by atoms with Crippen LogP contribution in [0.15, 0.2) is 24.3 Å². The summed E-state index contributed by atoms with van der Waals surface area (Å²) in [6.45, 7) is 0. The summed E-state index contributed by atoms with van der Waals surface area (Å²) >= 11 is 0. The van der Waals surface area contributed by atoms with Crippen LogP contribution >= 0.6 is 0 Å². The van der Waals surface area contributed by atoms with Crippen LogP contribution in [0.25, 0.3) is 0 Å². The fraction of sp³-hybridized carbons (Fsp3) is 0.364. The van der Waals surface area contributed by atoms with Gasteiger partial charge in [-0.3, -0.25) is 0 Å². The Hall–Kier alpha value is -1.43. The molecule has 6 heteroatoms. The average Bonchev–Trinajstić information content (AvgIpc) is 2.58. The number of hydrogen-bond acceptors (Lipinski definition) is 4. The summed E-state index contributed by atoms with van der Waals surface area (Å²) in [5, 5.41) is 0. The van der Waals surface area contributed by atoms with E-state index >= 15 is 0 Å². The molecular formula is C11H11FO4S. The molecule has 0 saturated carbocycles. The van der Waals surface area contributed by atoms with Gasteiger partial charge in [-0.25, -0.2) is 17.6 Å². The lowest BCUT2D eigenvalue weighted by Crippen LogP contribution is -2.20. The molecule has 92 valence electrons. The van der Waals surface area contributed by atoms with E-state index in [0.29, 0.717) is 0 Å². The molecule has 1 aliphatic rings. The van der Waals surface area contributed by atoms with Gasteiger partial charge >= 0.3 is 5.97 Å². The van der Waals surface area contributed by atoms with Crippen LogP contribution in [0.2, 0.25) is 0 Å². The summed E-state index contributed by atoms with van der Waals surface area (Å²) < 4.78 is 40.5. The highest BCUT2D eigenvalue weighted by molar-refractivity contribution is 7.91. The standard InChI is InChI=1S/C11H11FO4S/c12-10-4-2-1-3-9(10)11(13)16-8-5-6-17(14,15)7-8/h1-4,8H,5-7H2. The molecule has 1 unspecified atom stereocenters. The van der Waals surface area contributed by atoms with Gasteiger partial charge in [0.05, 0.1) is 17.1 Å². The molecule has 1 atom stereocenters. The highest BCUT2D eigenvalue weighted by Gasteiger charge is 2.31. The minimum absolute atomic E-state index is 0.0161. The number of rotatable bonds is 2. The maximum atomic E-state index is 13.2. The molecule has 0 spiro atoms. The van der Waals surface area contributed by atoms with E-state index in [2.05, 4.69) is 0 Å². The maximum Gasteiger partial charge on any atom is 0.341 e. The zero-order valence-corrected chi connectivity index (χ0v) is 9.74. The van der Waals surface area contributed by atoms with Gasteiger partial charge in [-0.15, -0.1) is 0 Å². The van der Waals surface area contributed by atoms with Crippen LogP contribution in [0.1, 0.15) is 16.8 Å². The van der Waals surface area contributed by atoms with Crippen LogP contribution in [0.3, 0.4) is 0 Å². The molecule has 1 aromatic rings. The number of sulfone groups is 1. The molecule has 0 bridgehead atoms. The van der Waals surface area contributed by atoms with E-state index in [4.69, 9.17) is 4.74 Å². The van der Waals surface area contributed by atoms with E-state index in [1.54, 1.807) is 0 Å². The monoisotopic (exact) mass is 258 g/mol. The SMILES string of the molecule is O=C(OC1CCS(=O)(=O)C1)c1ccccc1F. The van der Waals surface area contributed by atoms with Crippen molar-refractivity contribution in [2.24, 2.45) is 0 Å². The molecule has 2 rings (SSSR count). The molecule has 1 fully saturated rings. The van der Waals surface area contributed by atoms with Crippen LogP contribution in [0, 0.1) is 5.82 Å². The van der Waals surface area contributed by atoms with Crippen molar-refractivity contribution >= 4 is 15.8 Å². The first-order chi connectivity index (χ1) is 7.98. The van der Waals surface area contributed by atoms with Crippen molar-refractivity contribution in [2.45, 2.75) is 12.5 Å². The fourth-order valence-electron chi connectivity index (χ4n) is 1.70. The lowest BCUT2D eigenvalue weighted by Gasteiger charge is -2.10. The summed E-state index contributed by atoms with van der Waals surface area (Å²) in [5.74, 6) is -1.64. The smallest absolute Gasteiger partial charge is 0.341 e. The van der Waals surface area contributed by atoms with Crippen molar-refractivity contribution in [3.05, 3.63) is 35.6 Å². The van der Waals surface area contributed by atoms with E-state index < -0.39 is 27.7 Å². The van der Waals surface area contributed by atoms with E-state index in [-0.39, 0.29) is 23.5 Å². The van der Waals surface area contributed by atoms with Gasteiger partial charge in [-0.1, -0.05) is 12.1 Å². The zero-order chi connectivity index (χ0) is 12.5. The van der Waals surface area contributed by atoms with Gasteiger partial charge in [0.25, 0.3) is 0 Å². The lowest BCUT2D eigenvalue weighted by atomic mass is 10.2. The molecule has 0 aromatic heterocycles. The Morgan fingerprint density at radius 1 is 1.35 bits per heavy atom. The second-order valence-electron chi connectivity index (χ2n) is 3.91. The summed E-state index contributed by atoms with van der Waals surface area (Å²) in [4.78, 5) is 11.6. The molecular weight excluding hydrogens is 247 g/mol. The second kappa shape index (κ2) is 4.44. The first-order valence-electron chi connectivity index (χ1n) is 5.14. The molecule has 1 heterocycles. The van der Waals surface area contributed by atoms with E-state index in [1.807, 2.05) is 0 Å². The predicted molar refractivity (Wildman–Crippen MR) is 58.9 cm³/mol. The number of ether oxygens (including phenoxy) is 1. The van der Waals surface area contributed by atoms with Gasteiger partial charge < -0.3 is 4.74 Å². The van der Waals surface area contributed by atoms with Gasteiger partial charge in [-0.05, 0) is 18.6 Å². The normalized spacial score (nSPS) is 22.3. The molecule has 1 saturated heterocycles. The molecule has 0 amide bonds. The summed E-state index contributed by atoms with van der Waals surface area (Å²) in [7, 11) is -3.10. The van der Waals surface area contributed by atoms with E-state index in [1.165, 1.54) is 18.2 Å². The van der Waals surface area contributed by atoms with Crippen molar-refractivity contribution in [1.29, 1.82) is 0 Å². The zero-order valence-electron chi connectivity index (χ0n) is 8.93. The first kappa shape index (κ1) is 12.0. The molecule has 0 radical (unpaired) electrons. The van der Waals surface area contributed by atoms with E-state index in [9.17, 15) is 17.6 Å². The highest BCUT2D eigenvalue weighted by Crippen LogP contribution is 2.17. The lowest BCUT2D eigenvalue weighted by molar-refractivity contribution is 0.0351. The number of carbonyl (C=O) groups excluding carboxylic acids is 1. The Kier molecular flexibility index (Phi) is 3.15. The molecule has 1 aliphatic heterocycles. The first-order valence-corrected chi connectivity index (χ1v) is 6.96. The summed E-state index contributed by atoms with van der Waals surface area (Å²) in [6, 6.07) is 5.44. The van der Waals surface area contributed by atoms with Crippen molar-refractivity contribution in [1.82, 2.24) is 0 Å². The summed E-state index contributed by atoms with van der Waals surface area (Å²) in [6.07, 6.45) is -0.380. The van der Waals surface area contributed by atoms with Crippen molar-refractivity contribution in [2.75, 3.05) is 11.5 Å². The largest absolute Gasteiger partial charge is 0.458 e. The van der Waals surface area contributed by atoms with Gasteiger partial charge in [0.2, 0.25) is 0 Å². The quantitative estimate of drug-likeness (QED) is 0.747. The third kappa shape index (κ3) is 2.82. The number of carbonyl (C=O) groups is 1. The molecule has 0 N–H and O–H groups in total. The Bertz CT molecular complexity index is 538. The van der Waals surface area contributed by atoms with Gasteiger partial charge in [0, 0.05) is 0 Å². The second-order valence-corrected chi connectivity index (χ2v) is 6.14. The number of esters is 1. The Labute approximate surface area is 98.3 Å². The average molecular weight is 258 g/mol. The Morgan fingerprint density at radius 2 is 2.06 bits per heavy atom. The van der Waals surface area contributed by atoms with Crippen molar-refractivity contribution < 1.29 is 22.3 Å². The van der Waals surface area contributed by atoms with Crippen LogP contribution in [0.5, 0.6) is 0 Å². The van der Waals surface area contributed by atoms with Crippen molar-refractivity contribution in [3.8, 4) is 0 Å². The third-order valence-corrected chi connectivity index (χ3v) is 4.30. The minimum Gasteiger partial charge on any atom is -0.458 e. The highest BCUT2D eigenvalue weighted by atomic mass is 32.2. The maximum absolute atomic E-state index is 13.2. The van der Waals surface area contributed by atoms with Gasteiger partial charge in [0.15, 0.2) is 9.84 Å². The van der Waals surface area contributed by atoms with E-state index in [0.717, 1.165) is 6.07 Å². The van der Waals surface area contributed by atoms with Crippen LogP contribution in [-0.2, 0) is 14.6 Å². The number of halogens is 1. The Balaban J connectivity index is 2.06. The third-order valence-electron chi connectivity index (χ3n) is 2.56. The molecule has 4 nitrogen and oxygen atoms in total. The van der Waals surface area contributed by atoms with Gasteiger partial charge in [0.1, 0.15) is 11.9 Å². The predicted octanol–water partition coefficient (Wildman–Crippen LogP) is 1.17. The number of hydrogen-bond donors (Lipinski definition) is 0.